The molecule has 1 heteroatoms. The molecule has 0 saturated heterocycles. The first-order chi connectivity index (χ1) is 8.72. The largest absolute Gasteiger partial charge is 0.306 e. The van der Waals surface area contributed by atoms with Crippen LogP contribution in [0.3, 0.4) is 0 Å². The first-order valence-electron chi connectivity index (χ1n) is 6.61. The number of fused-ring (bicyclic) bond motifs is 1. The van der Waals surface area contributed by atoms with Gasteiger partial charge < -0.3 is 5.32 Å². The fourth-order valence-electron chi connectivity index (χ4n) is 2.98. The summed E-state index contributed by atoms with van der Waals surface area (Å²) in [6, 6.07) is 16.1. The summed E-state index contributed by atoms with van der Waals surface area (Å²) in [6.45, 7) is 5.35. The van der Waals surface area contributed by atoms with E-state index in [1.807, 2.05) is 0 Å². The number of hydrogen-bond acceptors (Lipinski definition) is 1. The highest BCUT2D eigenvalue weighted by Gasteiger charge is 2.21. The van der Waals surface area contributed by atoms with Gasteiger partial charge in [-0.15, -0.1) is 0 Å². The molecular weight excluding hydrogens is 218 g/mol. The molecule has 1 aliphatic rings. The average Bonchev–Trinajstić information content (AvgIpc) is 2.72. The molecule has 1 nitrogen and oxygen atoms in total. The highest BCUT2D eigenvalue weighted by atomic mass is 14.9. The van der Waals surface area contributed by atoms with Gasteiger partial charge in [0, 0.05) is 12.6 Å². The van der Waals surface area contributed by atoms with Gasteiger partial charge in [-0.1, -0.05) is 53.6 Å². The Bertz CT molecular complexity index is 551. The number of hydrogen-bond donors (Lipinski definition) is 1. The van der Waals surface area contributed by atoms with Crippen molar-refractivity contribution >= 4 is 0 Å². The van der Waals surface area contributed by atoms with Crippen LogP contribution in [0.2, 0.25) is 0 Å². The molecule has 2 aromatic carbocycles. The van der Waals surface area contributed by atoms with E-state index in [0.29, 0.717) is 6.04 Å². The minimum absolute atomic E-state index is 0.474. The summed E-state index contributed by atoms with van der Waals surface area (Å²) in [5.74, 6) is 0. The molecule has 0 spiro atoms. The van der Waals surface area contributed by atoms with Crippen LogP contribution in [0, 0.1) is 13.8 Å². The zero-order valence-electron chi connectivity index (χ0n) is 11.0. The lowest BCUT2D eigenvalue weighted by Crippen LogP contribution is -2.14. The van der Waals surface area contributed by atoms with E-state index < -0.39 is 0 Å². The fraction of sp³-hybridized carbons (Fsp3) is 0.294. The second-order valence-corrected chi connectivity index (χ2v) is 5.33. The van der Waals surface area contributed by atoms with Gasteiger partial charge in [-0.2, -0.15) is 0 Å². The Morgan fingerprint density at radius 2 is 1.78 bits per heavy atom. The van der Waals surface area contributed by atoms with Crippen LogP contribution >= 0.6 is 0 Å². The van der Waals surface area contributed by atoms with Crippen molar-refractivity contribution in [2.45, 2.75) is 32.9 Å². The normalized spacial score (nSPS) is 17.8. The lowest BCUT2D eigenvalue weighted by atomic mass is 9.97. The van der Waals surface area contributed by atoms with Gasteiger partial charge >= 0.3 is 0 Å². The van der Waals surface area contributed by atoms with Crippen LogP contribution in [-0.4, -0.2) is 0 Å². The minimum atomic E-state index is 0.474. The van der Waals surface area contributed by atoms with Crippen molar-refractivity contribution in [1.29, 1.82) is 0 Å². The first-order valence-corrected chi connectivity index (χ1v) is 6.61. The lowest BCUT2D eigenvalue weighted by Gasteiger charge is -2.13. The lowest BCUT2D eigenvalue weighted by molar-refractivity contribution is 0.580. The van der Waals surface area contributed by atoms with Gasteiger partial charge in [0.25, 0.3) is 0 Å². The summed E-state index contributed by atoms with van der Waals surface area (Å²) < 4.78 is 0. The van der Waals surface area contributed by atoms with Crippen molar-refractivity contribution in [3.63, 3.8) is 0 Å². The Balaban J connectivity index is 1.86. The van der Waals surface area contributed by atoms with Crippen molar-refractivity contribution in [2.24, 2.45) is 0 Å². The third-order valence-corrected chi connectivity index (χ3v) is 3.69. The standard InChI is InChI=1S/C17H19N/c1-12-7-13(2)9-14(8-12)10-17-16-6-4-3-5-15(16)11-18-17/h3-9,17-18H,10-11H2,1-2H3. The van der Waals surface area contributed by atoms with Gasteiger partial charge in [-0.25, -0.2) is 0 Å². The topological polar surface area (TPSA) is 12.0 Å². The molecule has 18 heavy (non-hydrogen) atoms. The van der Waals surface area contributed by atoms with Crippen molar-refractivity contribution in [2.75, 3.05) is 0 Å². The van der Waals surface area contributed by atoms with Crippen LogP contribution in [0.15, 0.2) is 42.5 Å². The van der Waals surface area contributed by atoms with Gasteiger partial charge in [0.1, 0.15) is 0 Å². The van der Waals surface area contributed by atoms with E-state index in [0.717, 1.165) is 13.0 Å². The number of rotatable bonds is 2. The molecule has 1 aliphatic heterocycles. The van der Waals surface area contributed by atoms with Crippen LogP contribution in [-0.2, 0) is 13.0 Å². The molecule has 2 aromatic rings. The highest BCUT2D eigenvalue weighted by Crippen LogP contribution is 2.28. The molecule has 0 saturated carbocycles. The van der Waals surface area contributed by atoms with Crippen LogP contribution < -0.4 is 5.32 Å². The summed E-state index contributed by atoms with van der Waals surface area (Å²) in [5.41, 5.74) is 7.07. The Morgan fingerprint density at radius 1 is 1.06 bits per heavy atom. The van der Waals surface area contributed by atoms with E-state index >= 15 is 0 Å². The second kappa shape index (κ2) is 4.58. The molecule has 0 aliphatic carbocycles. The highest BCUT2D eigenvalue weighted by molar-refractivity contribution is 5.36. The Hall–Kier alpha value is -1.60. The quantitative estimate of drug-likeness (QED) is 0.840. The van der Waals surface area contributed by atoms with Gasteiger partial charge in [0.05, 0.1) is 0 Å². The number of benzene rings is 2. The summed E-state index contributed by atoms with van der Waals surface area (Å²) in [4.78, 5) is 0. The zero-order chi connectivity index (χ0) is 12.5. The molecule has 1 N–H and O–H groups in total. The average molecular weight is 237 g/mol. The molecule has 1 heterocycles. The second-order valence-electron chi connectivity index (χ2n) is 5.33. The molecule has 1 unspecified atom stereocenters. The van der Waals surface area contributed by atoms with E-state index in [4.69, 9.17) is 0 Å². The van der Waals surface area contributed by atoms with Crippen molar-refractivity contribution < 1.29 is 0 Å². The van der Waals surface area contributed by atoms with Crippen LogP contribution in [0.1, 0.15) is 33.9 Å². The minimum Gasteiger partial charge on any atom is -0.306 e. The van der Waals surface area contributed by atoms with E-state index in [9.17, 15) is 0 Å². The Morgan fingerprint density at radius 3 is 2.56 bits per heavy atom. The van der Waals surface area contributed by atoms with Crippen molar-refractivity contribution in [3.8, 4) is 0 Å². The smallest absolute Gasteiger partial charge is 0.0367 e. The van der Waals surface area contributed by atoms with Crippen molar-refractivity contribution in [3.05, 3.63) is 70.3 Å². The SMILES string of the molecule is Cc1cc(C)cc(CC2NCc3ccccc32)c1. The van der Waals surface area contributed by atoms with Crippen LogP contribution in [0.5, 0.6) is 0 Å². The Labute approximate surface area is 109 Å². The Kier molecular flexibility index (Phi) is 2.92. The van der Waals surface area contributed by atoms with Crippen LogP contribution in [0.4, 0.5) is 0 Å². The van der Waals surface area contributed by atoms with E-state index in [-0.39, 0.29) is 0 Å². The summed E-state index contributed by atoms with van der Waals surface area (Å²) in [5, 5.41) is 3.61. The van der Waals surface area contributed by atoms with Gasteiger partial charge in [0.2, 0.25) is 0 Å². The molecule has 0 radical (unpaired) electrons. The zero-order valence-corrected chi connectivity index (χ0v) is 11.0. The third kappa shape index (κ3) is 2.19. The molecule has 0 aromatic heterocycles. The molecule has 0 amide bonds. The molecule has 0 bridgehead atoms. The number of aryl methyl sites for hydroxylation is 2. The van der Waals surface area contributed by atoms with Gasteiger partial charge in [-0.05, 0) is 37.0 Å². The van der Waals surface area contributed by atoms with Crippen LogP contribution in [0.25, 0.3) is 0 Å². The third-order valence-electron chi connectivity index (χ3n) is 3.69. The maximum Gasteiger partial charge on any atom is 0.0367 e. The monoisotopic (exact) mass is 237 g/mol. The maximum atomic E-state index is 3.61. The van der Waals surface area contributed by atoms with Gasteiger partial charge in [0.15, 0.2) is 0 Å². The molecule has 0 fully saturated rings. The summed E-state index contributed by atoms with van der Waals surface area (Å²) in [6.07, 6.45) is 1.08. The predicted octanol–water partition coefficient (Wildman–Crippen LogP) is 3.69. The van der Waals surface area contributed by atoms with Crippen molar-refractivity contribution in [1.82, 2.24) is 5.32 Å². The van der Waals surface area contributed by atoms with Gasteiger partial charge in [-0.3, -0.25) is 0 Å². The maximum absolute atomic E-state index is 3.61. The summed E-state index contributed by atoms with van der Waals surface area (Å²) >= 11 is 0. The molecule has 3 rings (SSSR count). The number of nitrogens with one attached hydrogen (secondary N) is 1. The fourth-order valence-corrected chi connectivity index (χ4v) is 2.98. The van der Waals surface area contributed by atoms with E-state index in [1.54, 1.807) is 0 Å². The molecule has 1 atom stereocenters. The van der Waals surface area contributed by atoms with E-state index in [1.165, 1.54) is 27.8 Å². The van der Waals surface area contributed by atoms with E-state index in [2.05, 4.69) is 61.6 Å². The molecule has 92 valence electrons. The summed E-state index contributed by atoms with van der Waals surface area (Å²) in [7, 11) is 0. The first kappa shape index (κ1) is 11.5. The molecular formula is C17H19N. The predicted molar refractivity (Wildman–Crippen MR) is 75.6 cm³/mol.